The first-order chi connectivity index (χ1) is 16.2. The highest BCUT2D eigenvalue weighted by Crippen LogP contribution is 2.28. The molecule has 3 aromatic rings. The zero-order valence-corrected chi connectivity index (χ0v) is 23.5. The number of anilines is 2. The Morgan fingerprint density at radius 1 is 0.973 bits per heavy atom. The fraction of sp³-hybridized carbons (Fsp3) is 0.292. The number of carbonyl (C=O) groups excluding carboxylic acids is 1. The lowest BCUT2D eigenvalue weighted by atomic mass is 10.1. The molecule has 0 amide bonds. The first-order valence-electron chi connectivity index (χ1n) is 11.0. The standard InChI is InChI=1S/C24H26N4O5S.3ClH/c1-3-27-10-12-28(13-11-27)23-15-21(24(30)31)20-14-18(6-9-22(20)25-23)26-34(32,33)19-7-4-17(5-8-19)16(2)29;;;/h4-9,14-15,26H,3,10-13H2,1-2H3,(H,30,31);3*1H. The maximum Gasteiger partial charge on any atom is 0.336 e. The fourth-order valence-electron chi connectivity index (χ4n) is 3.99. The maximum atomic E-state index is 12.8. The van der Waals surface area contributed by atoms with E-state index in [4.69, 9.17) is 0 Å². The van der Waals surface area contributed by atoms with Gasteiger partial charge in [0.05, 0.1) is 16.0 Å². The predicted octanol–water partition coefficient (Wildman–Crippen LogP) is 4.34. The summed E-state index contributed by atoms with van der Waals surface area (Å²) in [5.41, 5.74) is 1.16. The molecule has 0 aliphatic carbocycles. The molecule has 2 N–H and O–H groups in total. The monoisotopic (exact) mass is 590 g/mol. The number of ketones is 1. The molecule has 1 aromatic heterocycles. The molecule has 13 heteroatoms. The number of benzene rings is 2. The molecule has 0 atom stereocenters. The summed E-state index contributed by atoms with van der Waals surface area (Å²) in [7, 11) is -3.93. The van der Waals surface area contributed by atoms with Crippen LogP contribution < -0.4 is 9.62 Å². The van der Waals surface area contributed by atoms with Crippen LogP contribution in [0.4, 0.5) is 11.5 Å². The minimum atomic E-state index is -3.93. The van der Waals surface area contributed by atoms with Crippen molar-refractivity contribution in [1.82, 2.24) is 9.88 Å². The number of nitrogens with one attached hydrogen (secondary N) is 1. The minimum Gasteiger partial charge on any atom is -0.478 e. The Bertz CT molecular complexity index is 1360. The van der Waals surface area contributed by atoms with Gasteiger partial charge in [0.1, 0.15) is 5.82 Å². The average molecular weight is 592 g/mol. The number of carboxylic acid groups (broad SMARTS) is 1. The zero-order valence-electron chi connectivity index (χ0n) is 20.2. The number of fused-ring (bicyclic) bond motifs is 1. The van der Waals surface area contributed by atoms with Gasteiger partial charge >= 0.3 is 5.97 Å². The van der Waals surface area contributed by atoms with Crippen LogP contribution in [0.3, 0.4) is 0 Å². The second kappa shape index (κ2) is 13.3. The lowest BCUT2D eigenvalue weighted by molar-refractivity contribution is 0.0698. The number of Topliss-reactive ketones (excluding diaryl/α,β-unsaturated/α-hetero) is 1. The van der Waals surface area contributed by atoms with Crippen molar-refractivity contribution in [2.45, 2.75) is 18.7 Å². The van der Waals surface area contributed by atoms with Gasteiger partial charge in [0, 0.05) is 42.8 Å². The van der Waals surface area contributed by atoms with E-state index in [1.807, 2.05) is 0 Å². The highest BCUT2D eigenvalue weighted by atomic mass is 35.5. The highest BCUT2D eigenvalue weighted by molar-refractivity contribution is 7.92. The van der Waals surface area contributed by atoms with Crippen LogP contribution in [0, 0.1) is 0 Å². The van der Waals surface area contributed by atoms with Crippen LogP contribution in [0.5, 0.6) is 0 Å². The van der Waals surface area contributed by atoms with Crippen LogP contribution >= 0.6 is 37.2 Å². The summed E-state index contributed by atoms with van der Waals surface area (Å²) in [5.74, 6) is -0.674. The molecule has 1 aliphatic rings. The Balaban J connectivity index is 0.00000228. The molecule has 0 saturated carbocycles. The van der Waals surface area contributed by atoms with Crippen molar-refractivity contribution < 1.29 is 23.1 Å². The maximum absolute atomic E-state index is 12.8. The molecule has 1 saturated heterocycles. The number of aromatic nitrogens is 1. The van der Waals surface area contributed by atoms with Crippen molar-refractivity contribution in [2.75, 3.05) is 42.3 Å². The third-order valence-electron chi connectivity index (χ3n) is 5.99. The first-order valence-corrected chi connectivity index (χ1v) is 12.5. The zero-order chi connectivity index (χ0) is 24.5. The topological polar surface area (TPSA) is 120 Å². The van der Waals surface area contributed by atoms with Crippen molar-refractivity contribution in [2.24, 2.45) is 0 Å². The molecule has 202 valence electrons. The van der Waals surface area contributed by atoms with Crippen LogP contribution in [-0.4, -0.2) is 67.9 Å². The Kier molecular flexibility index (Phi) is 11.6. The Hall–Kier alpha value is -2.63. The molecule has 37 heavy (non-hydrogen) atoms. The van der Waals surface area contributed by atoms with Crippen molar-refractivity contribution in [3.63, 3.8) is 0 Å². The third kappa shape index (κ3) is 7.24. The number of sulfonamides is 1. The summed E-state index contributed by atoms with van der Waals surface area (Å²) < 4.78 is 28.1. The summed E-state index contributed by atoms with van der Waals surface area (Å²) in [5, 5.41) is 10.2. The number of hydrogen-bond donors (Lipinski definition) is 2. The lowest BCUT2D eigenvalue weighted by Crippen LogP contribution is -2.46. The van der Waals surface area contributed by atoms with Crippen LogP contribution in [0.25, 0.3) is 10.9 Å². The Labute approximate surface area is 234 Å². The molecular weight excluding hydrogens is 563 g/mol. The normalized spacial score (nSPS) is 13.6. The number of carboxylic acids is 1. The van der Waals surface area contributed by atoms with Crippen molar-refractivity contribution in [3.8, 4) is 0 Å². The van der Waals surface area contributed by atoms with Crippen molar-refractivity contribution >= 4 is 81.4 Å². The van der Waals surface area contributed by atoms with E-state index in [1.165, 1.54) is 37.3 Å². The summed E-state index contributed by atoms with van der Waals surface area (Å²) in [4.78, 5) is 32.5. The number of halogens is 3. The number of nitrogens with zero attached hydrogens (tertiary/aromatic N) is 3. The number of rotatable bonds is 7. The van der Waals surface area contributed by atoms with Gasteiger partial charge in [0.15, 0.2) is 5.78 Å². The van der Waals surface area contributed by atoms with Crippen LogP contribution in [0.15, 0.2) is 53.4 Å². The van der Waals surface area contributed by atoms with Crippen molar-refractivity contribution in [1.29, 1.82) is 0 Å². The van der Waals surface area contributed by atoms with E-state index in [-0.39, 0.29) is 59.2 Å². The van der Waals surface area contributed by atoms with Crippen LogP contribution in [0.1, 0.15) is 34.6 Å². The van der Waals surface area contributed by atoms with Crippen LogP contribution in [-0.2, 0) is 10.0 Å². The highest BCUT2D eigenvalue weighted by Gasteiger charge is 2.21. The number of hydrogen-bond acceptors (Lipinski definition) is 7. The van der Waals surface area contributed by atoms with Crippen LogP contribution in [0.2, 0.25) is 0 Å². The molecule has 0 unspecified atom stereocenters. The number of pyridine rings is 1. The van der Waals surface area contributed by atoms with E-state index in [0.717, 1.165) is 32.7 Å². The lowest BCUT2D eigenvalue weighted by Gasteiger charge is -2.35. The first kappa shape index (κ1) is 32.4. The second-order valence-corrected chi connectivity index (χ2v) is 9.85. The molecule has 2 heterocycles. The summed E-state index contributed by atoms with van der Waals surface area (Å²) >= 11 is 0. The summed E-state index contributed by atoms with van der Waals surface area (Å²) in [6, 6.07) is 11.8. The van der Waals surface area contributed by atoms with Gasteiger partial charge in [-0.15, -0.1) is 37.2 Å². The van der Waals surface area contributed by atoms with Gasteiger partial charge in [-0.05, 0) is 49.9 Å². The molecular formula is C24H29Cl3N4O5S. The molecule has 2 aromatic carbocycles. The van der Waals surface area contributed by atoms with Gasteiger partial charge in [0.2, 0.25) is 0 Å². The van der Waals surface area contributed by atoms with Gasteiger partial charge < -0.3 is 14.9 Å². The number of piperazine rings is 1. The smallest absolute Gasteiger partial charge is 0.336 e. The fourth-order valence-corrected chi connectivity index (χ4v) is 5.04. The van der Waals surface area contributed by atoms with Gasteiger partial charge in [0.25, 0.3) is 10.0 Å². The molecule has 0 radical (unpaired) electrons. The number of likely N-dealkylation sites (N-methyl/N-ethyl adjacent to an activating group) is 1. The van der Waals surface area contributed by atoms with Gasteiger partial charge in [-0.2, -0.15) is 0 Å². The third-order valence-corrected chi connectivity index (χ3v) is 7.39. The van der Waals surface area contributed by atoms with Gasteiger partial charge in [-0.1, -0.05) is 19.1 Å². The number of carbonyl (C=O) groups is 2. The van der Waals surface area contributed by atoms with E-state index in [1.54, 1.807) is 18.2 Å². The van der Waals surface area contributed by atoms with E-state index in [9.17, 15) is 23.1 Å². The van der Waals surface area contributed by atoms with Gasteiger partial charge in [-0.25, -0.2) is 18.2 Å². The van der Waals surface area contributed by atoms with Crippen molar-refractivity contribution in [3.05, 3.63) is 59.7 Å². The minimum absolute atomic E-state index is 0. The Morgan fingerprint density at radius 2 is 1.59 bits per heavy atom. The van der Waals surface area contributed by atoms with E-state index in [0.29, 0.717) is 22.3 Å². The van der Waals surface area contributed by atoms with Gasteiger partial charge in [-0.3, -0.25) is 9.52 Å². The van der Waals surface area contributed by atoms with E-state index in [2.05, 4.69) is 26.4 Å². The average Bonchev–Trinajstić information content (AvgIpc) is 2.83. The summed E-state index contributed by atoms with van der Waals surface area (Å²) in [6.45, 7) is 7.76. The molecule has 0 bridgehead atoms. The molecule has 0 spiro atoms. The van der Waals surface area contributed by atoms with E-state index < -0.39 is 16.0 Å². The molecule has 4 rings (SSSR count). The Morgan fingerprint density at radius 3 is 2.14 bits per heavy atom. The second-order valence-electron chi connectivity index (χ2n) is 8.17. The largest absolute Gasteiger partial charge is 0.478 e. The summed E-state index contributed by atoms with van der Waals surface area (Å²) in [6.07, 6.45) is 0. The molecule has 1 fully saturated rings. The number of aromatic carboxylic acids is 1. The molecule has 9 nitrogen and oxygen atoms in total. The quantitative estimate of drug-likeness (QED) is 0.389. The predicted molar refractivity (Wildman–Crippen MR) is 152 cm³/mol. The molecule has 1 aliphatic heterocycles. The van der Waals surface area contributed by atoms with E-state index >= 15 is 0 Å². The SMILES string of the molecule is CCN1CCN(c2cc(C(=O)O)c3cc(NS(=O)(=O)c4ccc(C(C)=O)cc4)ccc3n2)CC1.Cl.Cl.Cl.